The molecule has 0 spiro atoms. The van der Waals surface area contributed by atoms with E-state index in [9.17, 15) is 0 Å². The van der Waals surface area contributed by atoms with Gasteiger partial charge in [0.05, 0.1) is 0 Å². The fourth-order valence-corrected chi connectivity index (χ4v) is 0.565. The van der Waals surface area contributed by atoms with Crippen LogP contribution in [0.2, 0.25) is 0 Å². The van der Waals surface area contributed by atoms with E-state index in [4.69, 9.17) is 11.5 Å². The van der Waals surface area contributed by atoms with Crippen molar-refractivity contribution < 1.29 is 5.11 Å². The van der Waals surface area contributed by atoms with E-state index in [1.165, 1.54) is 0 Å². The maximum Gasteiger partial charge on any atom is 0.135 e. The van der Waals surface area contributed by atoms with Crippen molar-refractivity contribution in [2.24, 2.45) is 0 Å². The summed E-state index contributed by atoms with van der Waals surface area (Å²) in [5.41, 5.74) is 0.861. The Morgan fingerprint density at radius 2 is 2.44 bits per heavy atom. The first kappa shape index (κ1) is 8.26. The van der Waals surface area contributed by atoms with Crippen molar-refractivity contribution in [3.8, 4) is 12.3 Å². The first-order valence-electron chi connectivity index (χ1n) is 3.03. The molecule has 0 aromatic carbocycles. The van der Waals surface area contributed by atoms with Crippen LogP contribution in [0.25, 0.3) is 0 Å². The molecule has 0 fully saturated rings. The van der Waals surface area contributed by atoms with Crippen molar-refractivity contribution in [3.05, 3.63) is 11.6 Å². The summed E-state index contributed by atoms with van der Waals surface area (Å²) in [6, 6.07) is 0. The van der Waals surface area contributed by atoms with Gasteiger partial charge < -0.3 is 5.11 Å². The highest BCUT2D eigenvalue weighted by Gasteiger charge is 1.97. The van der Waals surface area contributed by atoms with Gasteiger partial charge in [-0.15, -0.1) is 6.42 Å². The molecule has 50 valence electrons. The summed E-state index contributed by atoms with van der Waals surface area (Å²) < 4.78 is 0. The average molecular weight is 124 g/mol. The first-order valence-corrected chi connectivity index (χ1v) is 3.03. The van der Waals surface area contributed by atoms with Gasteiger partial charge in [0.1, 0.15) is 6.10 Å². The zero-order valence-electron chi connectivity index (χ0n) is 5.89. The van der Waals surface area contributed by atoms with Gasteiger partial charge in [0, 0.05) is 0 Å². The van der Waals surface area contributed by atoms with Crippen LogP contribution < -0.4 is 0 Å². The Balaban J connectivity index is 3.89. The number of hydrogen-bond donors (Lipinski definition) is 1. The van der Waals surface area contributed by atoms with Crippen molar-refractivity contribution in [2.45, 2.75) is 26.4 Å². The lowest BCUT2D eigenvalue weighted by molar-refractivity contribution is 0.268. The minimum atomic E-state index is -0.690. The summed E-state index contributed by atoms with van der Waals surface area (Å²) in [6.45, 7) is 3.83. The van der Waals surface area contributed by atoms with Gasteiger partial charge in [-0.1, -0.05) is 18.9 Å². The molecule has 0 amide bonds. The normalized spacial score (nSPS) is 14.7. The standard InChI is InChI=1S/C8H12O/c1-4-6-7(3)8(9)5-2/h2,6,8-9H,4H2,1,3H3/b7-6-/t8-/m1/s1. The van der Waals surface area contributed by atoms with Crippen LogP contribution in [0.4, 0.5) is 0 Å². The molecule has 0 aromatic heterocycles. The van der Waals surface area contributed by atoms with Crippen LogP contribution in [0, 0.1) is 12.3 Å². The largest absolute Gasteiger partial charge is 0.376 e. The summed E-state index contributed by atoms with van der Waals surface area (Å²) in [6.07, 6.45) is 7.11. The molecule has 0 aliphatic rings. The molecule has 1 nitrogen and oxygen atoms in total. The van der Waals surface area contributed by atoms with E-state index in [0.717, 1.165) is 12.0 Å². The number of aliphatic hydroxyl groups excluding tert-OH is 1. The van der Waals surface area contributed by atoms with Crippen LogP contribution >= 0.6 is 0 Å². The monoisotopic (exact) mass is 124 g/mol. The minimum Gasteiger partial charge on any atom is -0.376 e. The third-order valence-corrected chi connectivity index (χ3v) is 1.12. The van der Waals surface area contributed by atoms with Gasteiger partial charge in [0.15, 0.2) is 0 Å². The number of rotatable bonds is 2. The Hall–Kier alpha value is -0.740. The highest BCUT2D eigenvalue weighted by atomic mass is 16.3. The third kappa shape index (κ3) is 2.94. The van der Waals surface area contributed by atoms with E-state index in [-0.39, 0.29) is 0 Å². The van der Waals surface area contributed by atoms with E-state index in [1.807, 2.05) is 19.9 Å². The molecular weight excluding hydrogens is 112 g/mol. The number of terminal acetylenes is 1. The van der Waals surface area contributed by atoms with E-state index >= 15 is 0 Å². The smallest absolute Gasteiger partial charge is 0.135 e. The van der Waals surface area contributed by atoms with Crippen LogP contribution in [0.3, 0.4) is 0 Å². The summed E-state index contributed by atoms with van der Waals surface area (Å²) in [7, 11) is 0. The van der Waals surface area contributed by atoms with Crippen LogP contribution in [0.1, 0.15) is 20.3 Å². The predicted molar refractivity (Wildman–Crippen MR) is 38.9 cm³/mol. The zero-order valence-corrected chi connectivity index (χ0v) is 5.89. The van der Waals surface area contributed by atoms with Crippen molar-refractivity contribution in [1.29, 1.82) is 0 Å². The maximum atomic E-state index is 8.95. The first-order chi connectivity index (χ1) is 4.22. The zero-order chi connectivity index (χ0) is 7.28. The Morgan fingerprint density at radius 1 is 1.89 bits per heavy atom. The van der Waals surface area contributed by atoms with E-state index in [1.54, 1.807) is 0 Å². The second-order valence-electron chi connectivity index (χ2n) is 1.93. The van der Waals surface area contributed by atoms with Gasteiger partial charge in [0.2, 0.25) is 0 Å². The minimum absolute atomic E-state index is 0.690. The fraction of sp³-hybridized carbons (Fsp3) is 0.500. The Kier molecular flexibility index (Phi) is 3.83. The second-order valence-corrected chi connectivity index (χ2v) is 1.93. The topological polar surface area (TPSA) is 20.2 Å². The SMILES string of the molecule is C#C[C@@H](O)/C(C)=C\CC. The van der Waals surface area contributed by atoms with Crippen molar-refractivity contribution in [1.82, 2.24) is 0 Å². The molecule has 0 saturated heterocycles. The molecule has 0 radical (unpaired) electrons. The van der Waals surface area contributed by atoms with Gasteiger partial charge in [-0.3, -0.25) is 0 Å². The molecule has 1 heteroatoms. The van der Waals surface area contributed by atoms with Gasteiger partial charge in [-0.05, 0) is 18.9 Å². The van der Waals surface area contributed by atoms with E-state index in [0.29, 0.717) is 0 Å². The summed E-state index contributed by atoms with van der Waals surface area (Å²) >= 11 is 0. The molecule has 1 atom stereocenters. The molecule has 0 unspecified atom stereocenters. The Bertz CT molecular complexity index is 139. The van der Waals surface area contributed by atoms with Gasteiger partial charge in [-0.25, -0.2) is 0 Å². The predicted octanol–water partition coefficient (Wildman–Crippen LogP) is 1.34. The van der Waals surface area contributed by atoms with Crippen molar-refractivity contribution >= 4 is 0 Å². The van der Waals surface area contributed by atoms with E-state index in [2.05, 4.69) is 5.92 Å². The lowest BCUT2D eigenvalue weighted by Crippen LogP contribution is -2.03. The molecule has 0 aliphatic carbocycles. The van der Waals surface area contributed by atoms with Gasteiger partial charge in [-0.2, -0.15) is 0 Å². The molecule has 1 N–H and O–H groups in total. The summed E-state index contributed by atoms with van der Waals surface area (Å²) in [5, 5.41) is 8.95. The van der Waals surface area contributed by atoms with E-state index < -0.39 is 6.10 Å². The highest BCUT2D eigenvalue weighted by Crippen LogP contribution is 2.00. The summed E-state index contributed by atoms with van der Waals surface area (Å²) in [5.74, 6) is 2.24. The number of allylic oxidation sites excluding steroid dienone is 1. The Morgan fingerprint density at radius 3 is 2.78 bits per heavy atom. The molecule has 9 heavy (non-hydrogen) atoms. The van der Waals surface area contributed by atoms with Crippen molar-refractivity contribution in [3.63, 3.8) is 0 Å². The fourth-order valence-electron chi connectivity index (χ4n) is 0.565. The van der Waals surface area contributed by atoms with Crippen LogP contribution in [-0.2, 0) is 0 Å². The van der Waals surface area contributed by atoms with Gasteiger partial charge in [0.25, 0.3) is 0 Å². The maximum absolute atomic E-state index is 8.95. The van der Waals surface area contributed by atoms with Crippen LogP contribution in [0.15, 0.2) is 11.6 Å². The number of hydrogen-bond acceptors (Lipinski definition) is 1. The van der Waals surface area contributed by atoms with Gasteiger partial charge >= 0.3 is 0 Å². The molecule has 0 saturated carbocycles. The second kappa shape index (κ2) is 4.17. The molecule has 0 bridgehead atoms. The van der Waals surface area contributed by atoms with Crippen LogP contribution in [-0.4, -0.2) is 11.2 Å². The lowest BCUT2D eigenvalue weighted by atomic mass is 10.1. The molecule has 0 rings (SSSR count). The molecule has 0 aliphatic heterocycles. The lowest BCUT2D eigenvalue weighted by Gasteiger charge is -2.00. The summed E-state index contributed by atoms with van der Waals surface area (Å²) in [4.78, 5) is 0. The van der Waals surface area contributed by atoms with Crippen LogP contribution in [0.5, 0.6) is 0 Å². The highest BCUT2D eigenvalue weighted by molar-refractivity contribution is 5.15. The molecular formula is C8H12O. The Labute approximate surface area is 56.4 Å². The number of aliphatic hydroxyl groups is 1. The molecule has 0 heterocycles. The van der Waals surface area contributed by atoms with Crippen molar-refractivity contribution in [2.75, 3.05) is 0 Å². The quantitative estimate of drug-likeness (QED) is 0.435. The molecule has 0 aromatic rings. The third-order valence-electron chi connectivity index (χ3n) is 1.12. The average Bonchev–Trinajstić information content (AvgIpc) is 1.87.